The van der Waals surface area contributed by atoms with E-state index in [1.807, 2.05) is 18.2 Å². The van der Waals surface area contributed by atoms with Crippen LogP contribution < -0.4 is 20.5 Å². The van der Waals surface area contributed by atoms with E-state index in [0.29, 0.717) is 23.6 Å². The van der Waals surface area contributed by atoms with Gasteiger partial charge in [-0.3, -0.25) is 0 Å². The molecular weight excluding hydrogens is 433 g/mol. The predicted molar refractivity (Wildman–Crippen MR) is 110 cm³/mol. The lowest BCUT2D eigenvalue weighted by Crippen LogP contribution is -2.61. The maximum atomic E-state index is 6.12. The Morgan fingerprint density at radius 2 is 2.00 bits per heavy atom. The first-order chi connectivity index (χ1) is 11.6. The van der Waals surface area contributed by atoms with Crippen LogP contribution in [0.25, 0.3) is 0 Å². The monoisotopic (exact) mass is 461 g/mol. The summed E-state index contributed by atoms with van der Waals surface area (Å²) in [5.41, 5.74) is 7.18. The summed E-state index contributed by atoms with van der Waals surface area (Å²) in [5.74, 6) is 1.78. The van der Waals surface area contributed by atoms with Crippen LogP contribution in [0, 0.1) is 5.41 Å². The number of hydrogen-bond donors (Lipinski definition) is 2. The molecule has 0 radical (unpaired) electrons. The van der Waals surface area contributed by atoms with Gasteiger partial charge in [-0.2, -0.15) is 0 Å². The molecular formula is C18H28IN3O3. The smallest absolute Gasteiger partial charge is 0.193 e. The lowest BCUT2D eigenvalue weighted by atomic mass is 9.51. The fourth-order valence-corrected chi connectivity index (χ4v) is 3.84. The van der Waals surface area contributed by atoms with E-state index in [1.54, 1.807) is 14.2 Å². The Hall–Kier alpha value is -1.22. The van der Waals surface area contributed by atoms with Crippen molar-refractivity contribution in [3.8, 4) is 11.5 Å². The van der Waals surface area contributed by atoms with Gasteiger partial charge in [-0.25, -0.2) is 4.99 Å². The standard InChI is InChI=1S/C18H27N3O3.HI/c1-4-24-16-11-15(18(16)8-5-9-18)21-17(19)20-12-6-7-13(22-2)14(10-12)23-3;/h6-7,10,15-16H,4-5,8-9,11H2,1-3H3,(H3,19,20,21);1H. The van der Waals surface area contributed by atoms with Gasteiger partial charge in [0.05, 0.1) is 26.4 Å². The van der Waals surface area contributed by atoms with E-state index in [4.69, 9.17) is 24.9 Å². The van der Waals surface area contributed by atoms with Crippen molar-refractivity contribution >= 4 is 35.6 Å². The van der Waals surface area contributed by atoms with Gasteiger partial charge in [-0.05, 0) is 38.3 Å². The number of nitrogens with two attached hydrogens (primary N) is 1. The van der Waals surface area contributed by atoms with Gasteiger partial charge in [0.25, 0.3) is 0 Å². The van der Waals surface area contributed by atoms with E-state index >= 15 is 0 Å². The second-order valence-electron chi connectivity index (χ2n) is 6.49. The van der Waals surface area contributed by atoms with Crippen molar-refractivity contribution in [2.75, 3.05) is 26.1 Å². The molecule has 2 atom stereocenters. The first kappa shape index (κ1) is 20.1. The van der Waals surface area contributed by atoms with E-state index in [1.165, 1.54) is 19.3 Å². The summed E-state index contributed by atoms with van der Waals surface area (Å²) in [4.78, 5) is 4.71. The van der Waals surface area contributed by atoms with E-state index in [-0.39, 0.29) is 35.4 Å². The molecule has 25 heavy (non-hydrogen) atoms. The molecule has 2 fully saturated rings. The first-order valence-corrected chi connectivity index (χ1v) is 8.57. The number of hydrogen-bond acceptors (Lipinski definition) is 4. The Morgan fingerprint density at radius 3 is 2.56 bits per heavy atom. The van der Waals surface area contributed by atoms with Crippen LogP contribution in [0.1, 0.15) is 32.6 Å². The van der Waals surface area contributed by atoms with E-state index in [9.17, 15) is 0 Å². The molecule has 2 saturated carbocycles. The third kappa shape index (κ3) is 3.81. The van der Waals surface area contributed by atoms with Crippen molar-refractivity contribution in [1.29, 1.82) is 0 Å². The van der Waals surface area contributed by atoms with Crippen LogP contribution in [0.15, 0.2) is 23.2 Å². The van der Waals surface area contributed by atoms with Crippen LogP contribution in [-0.4, -0.2) is 38.9 Å². The van der Waals surface area contributed by atoms with Gasteiger partial charge in [-0.15, -0.1) is 24.0 Å². The SMILES string of the molecule is CCOC1CC(N=C(N)Nc2ccc(OC)c(OC)c2)C12CCC2.I. The fraction of sp³-hybridized carbons (Fsp3) is 0.611. The molecule has 1 aromatic rings. The zero-order chi connectivity index (χ0) is 17.2. The summed E-state index contributed by atoms with van der Waals surface area (Å²) in [6.07, 6.45) is 4.95. The zero-order valence-corrected chi connectivity index (χ0v) is 17.4. The molecule has 140 valence electrons. The van der Waals surface area contributed by atoms with Crippen molar-refractivity contribution < 1.29 is 14.2 Å². The normalized spacial score (nSPS) is 23.9. The highest BCUT2D eigenvalue weighted by Gasteiger charge is 2.59. The number of guanidine groups is 1. The van der Waals surface area contributed by atoms with Crippen LogP contribution in [0.3, 0.4) is 0 Å². The third-order valence-electron chi connectivity index (χ3n) is 5.35. The van der Waals surface area contributed by atoms with Crippen LogP contribution in [0.4, 0.5) is 5.69 Å². The maximum Gasteiger partial charge on any atom is 0.193 e. The molecule has 3 N–H and O–H groups in total. The first-order valence-electron chi connectivity index (χ1n) is 8.57. The molecule has 1 spiro atoms. The van der Waals surface area contributed by atoms with Crippen LogP contribution in [0.5, 0.6) is 11.5 Å². The van der Waals surface area contributed by atoms with Gasteiger partial charge < -0.3 is 25.3 Å². The Morgan fingerprint density at radius 1 is 1.28 bits per heavy atom. The summed E-state index contributed by atoms with van der Waals surface area (Å²) in [6.45, 7) is 2.82. The van der Waals surface area contributed by atoms with E-state index in [0.717, 1.165) is 18.7 Å². The second kappa shape index (κ2) is 8.44. The molecule has 2 aliphatic rings. The maximum absolute atomic E-state index is 6.12. The Kier molecular flexibility index (Phi) is 6.79. The van der Waals surface area contributed by atoms with E-state index < -0.39 is 0 Å². The van der Waals surface area contributed by atoms with Gasteiger partial charge in [0.1, 0.15) is 0 Å². The van der Waals surface area contributed by atoms with Gasteiger partial charge in [0.2, 0.25) is 0 Å². The number of rotatable bonds is 6. The molecule has 2 unspecified atom stereocenters. The lowest BCUT2D eigenvalue weighted by molar-refractivity contribution is -0.162. The van der Waals surface area contributed by atoms with Gasteiger partial charge in [0, 0.05) is 23.8 Å². The fourth-order valence-electron chi connectivity index (χ4n) is 3.84. The Bertz CT molecular complexity index is 620. The molecule has 2 aliphatic carbocycles. The van der Waals surface area contributed by atoms with Crippen molar-refractivity contribution in [2.45, 2.75) is 44.8 Å². The lowest BCUT2D eigenvalue weighted by Gasteiger charge is -2.59. The largest absolute Gasteiger partial charge is 0.493 e. The number of anilines is 1. The van der Waals surface area contributed by atoms with E-state index in [2.05, 4.69) is 12.2 Å². The molecule has 0 saturated heterocycles. The predicted octanol–water partition coefficient (Wildman–Crippen LogP) is 3.40. The number of halogens is 1. The van der Waals surface area contributed by atoms with Crippen molar-refractivity contribution in [3.05, 3.63) is 18.2 Å². The molecule has 1 aromatic carbocycles. The van der Waals surface area contributed by atoms with Crippen molar-refractivity contribution in [1.82, 2.24) is 0 Å². The van der Waals surface area contributed by atoms with Gasteiger partial charge in [-0.1, -0.05) is 6.42 Å². The minimum Gasteiger partial charge on any atom is -0.493 e. The van der Waals surface area contributed by atoms with Crippen LogP contribution in [-0.2, 0) is 4.74 Å². The highest BCUT2D eigenvalue weighted by atomic mass is 127. The molecule has 0 amide bonds. The minimum atomic E-state index is 0. The Balaban J connectivity index is 0.00000225. The summed E-state index contributed by atoms with van der Waals surface area (Å²) in [7, 11) is 3.23. The quantitative estimate of drug-likeness (QED) is 0.386. The number of nitrogens with zero attached hydrogens (tertiary/aromatic N) is 1. The molecule has 3 rings (SSSR count). The Labute approximate surface area is 166 Å². The summed E-state index contributed by atoms with van der Waals surface area (Å²) >= 11 is 0. The van der Waals surface area contributed by atoms with Gasteiger partial charge >= 0.3 is 0 Å². The molecule has 6 nitrogen and oxygen atoms in total. The van der Waals surface area contributed by atoms with Gasteiger partial charge in [0.15, 0.2) is 17.5 Å². The van der Waals surface area contributed by atoms with Crippen LogP contribution >= 0.6 is 24.0 Å². The number of methoxy groups -OCH3 is 2. The second-order valence-corrected chi connectivity index (χ2v) is 6.49. The molecule has 0 heterocycles. The number of benzene rings is 1. The van der Waals surface area contributed by atoms with Crippen molar-refractivity contribution in [3.63, 3.8) is 0 Å². The van der Waals surface area contributed by atoms with Crippen LogP contribution in [0.2, 0.25) is 0 Å². The average Bonchev–Trinajstić information content (AvgIpc) is 2.52. The summed E-state index contributed by atoms with van der Waals surface area (Å²) in [5, 5.41) is 3.15. The molecule has 0 bridgehead atoms. The minimum absolute atomic E-state index is 0. The molecule has 0 aliphatic heterocycles. The topological polar surface area (TPSA) is 78.1 Å². The number of ether oxygens (including phenoxy) is 3. The highest BCUT2D eigenvalue weighted by molar-refractivity contribution is 14.0. The number of aliphatic imine (C=N–C) groups is 1. The number of nitrogens with one attached hydrogen (secondary N) is 1. The van der Waals surface area contributed by atoms with Crippen molar-refractivity contribution in [2.24, 2.45) is 16.1 Å². The molecule has 0 aromatic heterocycles. The molecule has 7 heteroatoms. The zero-order valence-electron chi connectivity index (χ0n) is 15.1. The summed E-state index contributed by atoms with van der Waals surface area (Å²) < 4.78 is 16.4. The third-order valence-corrected chi connectivity index (χ3v) is 5.35. The average molecular weight is 461 g/mol. The summed E-state index contributed by atoms with van der Waals surface area (Å²) in [6, 6.07) is 5.85. The highest BCUT2D eigenvalue weighted by Crippen LogP contribution is 2.58.